The molecule has 3 rings (SSSR count). The van der Waals surface area contributed by atoms with E-state index in [0.717, 1.165) is 12.1 Å². The molecular formula is C21H26N4O3S. The molecule has 0 aliphatic heterocycles. The molecule has 0 aliphatic carbocycles. The zero-order valence-corrected chi connectivity index (χ0v) is 18.1. The Morgan fingerprint density at radius 2 is 2.07 bits per heavy atom. The summed E-state index contributed by atoms with van der Waals surface area (Å²) in [4.78, 5) is 12.8. The van der Waals surface area contributed by atoms with Gasteiger partial charge >= 0.3 is 0 Å². The van der Waals surface area contributed by atoms with Gasteiger partial charge < -0.3 is 14.5 Å². The van der Waals surface area contributed by atoms with E-state index in [9.17, 15) is 4.79 Å². The number of methoxy groups -OCH3 is 1. The van der Waals surface area contributed by atoms with E-state index in [1.807, 2.05) is 48.7 Å². The number of nitrogens with zero attached hydrogens (tertiary/aromatic N) is 3. The maximum atomic E-state index is 12.8. The molecule has 2 heterocycles. The Labute approximate surface area is 174 Å². The minimum absolute atomic E-state index is 0.127. The number of aryl methyl sites for hydroxylation is 1. The molecule has 0 bridgehead atoms. The van der Waals surface area contributed by atoms with E-state index in [4.69, 9.17) is 9.15 Å². The van der Waals surface area contributed by atoms with Crippen molar-refractivity contribution in [3.63, 3.8) is 0 Å². The molecule has 0 saturated carbocycles. The zero-order chi connectivity index (χ0) is 21.0. The second-order valence-electron chi connectivity index (χ2n) is 7.24. The second kappa shape index (κ2) is 9.17. The van der Waals surface area contributed by atoms with E-state index >= 15 is 0 Å². The molecule has 0 saturated heterocycles. The van der Waals surface area contributed by atoms with Gasteiger partial charge in [-0.1, -0.05) is 31.7 Å². The first-order valence-electron chi connectivity index (χ1n) is 9.48. The summed E-state index contributed by atoms with van der Waals surface area (Å²) in [5.74, 6) is 2.22. The number of hydrogen-bond donors (Lipinski definition) is 1. The molecule has 29 heavy (non-hydrogen) atoms. The number of anilines is 1. The van der Waals surface area contributed by atoms with E-state index in [2.05, 4.69) is 29.4 Å². The third-order valence-electron chi connectivity index (χ3n) is 4.27. The number of nitrogens with one attached hydrogen (secondary N) is 1. The molecule has 1 amide bonds. The Morgan fingerprint density at radius 1 is 1.28 bits per heavy atom. The van der Waals surface area contributed by atoms with Crippen LogP contribution in [0, 0.1) is 12.8 Å². The maximum Gasteiger partial charge on any atom is 0.237 e. The topological polar surface area (TPSA) is 82.2 Å². The van der Waals surface area contributed by atoms with Crippen molar-refractivity contribution >= 4 is 23.4 Å². The number of ether oxygens (including phenoxy) is 1. The van der Waals surface area contributed by atoms with Gasteiger partial charge in [0.05, 0.1) is 24.3 Å². The highest BCUT2D eigenvalue weighted by atomic mass is 32.2. The molecule has 2 aromatic heterocycles. The van der Waals surface area contributed by atoms with E-state index in [0.29, 0.717) is 34.1 Å². The average molecular weight is 415 g/mol. The van der Waals surface area contributed by atoms with Crippen LogP contribution < -0.4 is 10.1 Å². The molecule has 7 nitrogen and oxygen atoms in total. The van der Waals surface area contributed by atoms with Crippen LogP contribution in [0.2, 0.25) is 0 Å². The van der Waals surface area contributed by atoms with Crippen molar-refractivity contribution in [2.75, 3.05) is 12.4 Å². The van der Waals surface area contributed by atoms with Crippen LogP contribution in [0.15, 0.2) is 46.2 Å². The van der Waals surface area contributed by atoms with Gasteiger partial charge in [-0.25, -0.2) is 0 Å². The van der Waals surface area contributed by atoms with Gasteiger partial charge in [0.1, 0.15) is 5.75 Å². The van der Waals surface area contributed by atoms with Crippen molar-refractivity contribution in [1.82, 2.24) is 14.8 Å². The average Bonchev–Trinajstić information content (AvgIpc) is 3.32. The van der Waals surface area contributed by atoms with Gasteiger partial charge in [-0.05, 0) is 49.6 Å². The largest absolute Gasteiger partial charge is 0.495 e. The first kappa shape index (κ1) is 21.0. The van der Waals surface area contributed by atoms with Crippen molar-refractivity contribution < 1.29 is 13.9 Å². The number of carbonyl (C=O) groups excluding carboxylic acids is 1. The van der Waals surface area contributed by atoms with Gasteiger partial charge in [-0.2, -0.15) is 0 Å². The summed E-state index contributed by atoms with van der Waals surface area (Å²) in [7, 11) is 1.59. The fourth-order valence-electron chi connectivity index (χ4n) is 2.86. The van der Waals surface area contributed by atoms with Gasteiger partial charge in [0.15, 0.2) is 16.7 Å². The highest BCUT2D eigenvalue weighted by molar-refractivity contribution is 8.00. The monoisotopic (exact) mass is 414 g/mol. The Bertz CT molecular complexity index is 966. The summed E-state index contributed by atoms with van der Waals surface area (Å²) in [5.41, 5.74) is 1.70. The summed E-state index contributed by atoms with van der Waals surface area (Å²) >= 11 is 1.37. The number of hydrogen-bond acceptors (Lipinski definition) is 6. The molecule has 0 aliphatic rings. The molecule has 1 N–H and O–H groups in total. The highest BCUT2D eigenvalue weighted by Gasteiger charge is 2.23. The quantitative estimate of drug-likeness (QED) is 0.541. The van der Waals surface area contributed by atoms with Gasteiger partial charge in [0.25, 0.3) is 0 Å². The van der Waals surface area contributed by atoms with Crippen LogP contribution in [0.25, 0.3) is 11.6 Å². The van der Waals surface area contributed by atoms with Gasteiger partial charge in [0, 0.05) is 6.54 Å². The molecular weight excluding hydrogens is 388 g/mol. The van der Waals surface area contributed by atoms with Crippen LogP contribution in [-0.4, -0.2) is 33.0 Å². The predicted molar refractivity (Wildman–Crippen MR) is 114 cm³/mol. The van der Waals surface area contributed by atoms with Crippen molar-refractivity contribution in [3.05, 3.63) is 42.2 Å². The lowest BCUT2D eigenvalue weighted by molar-refractivity contribution is -0.115. The Morgan fingerprint density at radius 3 is 2.72 bits per heavy atom. The minimum atomic E-state index is -0.375. The fraction of sp³-hybridized carbons (Fsp3) is 0.381. The summed E-state index contributed by atoms with van der Waals surface area (Å²) in [6.07, 6.45) is 1.61. The number of thioether (sulfide) groups is 1. The number of benzene rings is 1. The number of furan rings is 1. The SMILES string of the molecule is COc1ccc(C)cc1NC(=O)C(C)Sc1nnc(-c2ccco2)n1CC(C)C. The van der Waals surface area contributed by atoms with E-state index in [1.54, 1.807) is 13.4 Å². The third kappa shape index (κ3) is 5.00. The normalized spacial score (nSPS) is 12.2. The minimum Gasteiger partial charge on any atom is -0.495 e. The molecule has 1 aromatic carbocycles. The van der Waals surface area contributed by atoms with Crippen LogP contribution in [0.5, 0.6) is 5.75 Å². The van der Waals surface area contributed by atoms with Crippen molar-refractivity contribution in [2.45, 2.75) is 44.6 Å². The first-order valence-corrected chi connectivity index (χ1v) is 10.4. The number of aromatic nitrogens is 3. The highest BCUT2D eigenvalue weighted by Crippen LogP contribution is 2.30. The Kier molecular flexibility index (Phi) is 6.64. The fourth-order valence-corrected chi connectivity index (χ4v) is 3.72. The predicted octanol–water partition coefficient (Wildman–Crippen LogP) is 4.63. The number of carbonyl (C=O) groups is 1. The Balaban J connectivity index is 1.79. The molecule has 1 unspecified atom stereocenters. The van der Waals surface area contributed by atoms with E-state index in [-0.39, 0.29) is 11.2 Å². The molecule has 154 valence electrons. The molecule has 0 spiro atoms. The van der Waals surface area contributed by atoms with Gasteiger partial charge in [-0.3, -0.25) is 9.36 Å². The first-order chi connectivity index (χ1) is 13.9. The molecule has 1 atom stereocenters. The lowest BCUT2D eigenvalue weighted by Gasteiger charge is -2.16. The zero-order valence-electron chi connectivity index (χ0n) is 17.3. The summed E-state index contributed by atoms with van der Waals surface area (Å²) < 4.78 is 12.9. The molecule has 0 fully saturated rings. The smallest absolute Gasteiger partial charge is 0.237 e. The second-order valence-corrected chi connectivity index (χ2v) is 8.55. The van der Waals surface area contributed by atoms with Crippen molar-refractivity contribution in [1.29, 1.82) is 0 Å². The van der Waals surface area contributed by atoms with Crippen molar-refractivity contribution in [2.24, 2.45) is 5.92 Å². The third-order valence-corrected chi connectivity index (χ3v) is 5.35. The molecule has 0 radical (unpaired) electrons. The van der Waals surface area contributed by atoms with E-state index in [1.165, 1.54) is 11.8 Å². The maximum absolute atomic E-state index is 12.8. The van der Waals surface area contributed by atoms with Gasteiger partial charge in [0.2, 0.25) is 5.91 Å². The Hall–Kier alpha value is -2.74. The standard InChI is InChI=1S/C21H26N4O3S/c1-13(2)12-25-19(18-7-6-10-28-18)23-24-21(25)29-15(4)20(26)22-16-11-14(3)8-9-17(16)27-5/h6-11,13,15H,12H2,1-5H3,(H,22,26). The van der Waals surface area contributed by atoms with Crippen LogP contribution in [0.1, 0.15) is 26.3 Å². The van der Waals surface area contributed by atoms with E-state index < -0.39 is 0 Å². The lowest BCUT2D eigenvalue weighted by atomic mass is 10.2. The lowest BCUT2D eigenvalue weighted by Crippen LogP contribution is -2.23. The van der Waals surface area contributed by atoms with Crippen molar-refractivity contribution in [3.8, 4) is 17.3 Å². The van der Waals surface area contributed by atoms with Crippen LogP contribution in [0.4, 0.5) is 5.69 Å². The van der Waals surface area contributed by atoms with Crippen LogP contribution in [-0.2, 0) is 11.3 Å². The molecule has 8 heteroatoms. The summed E-state index contributed by atoms with van der Waals surface area (Å²) in [6, 6.07) is 9.36. The molecule has 3 aromatic rings. The van der Waals surface area contributed by atoms with Crippen LogP contribution >= 0.6 is 11.8 Å². The summed E-state index contributed by atoms with van der Waals surface area (Å²) in [6.45, 7) is 8.80. The van der Waals surface area contributed by atoms with Crippen LogP contribution in [0.3, 0.4) is 0 Å². The number of rotatable bonds is 8. The summed E-state index contributed by atoms with van der Waals surface area (Å²) in [5, 5.41) is 11.9. The van der Waals surface area contributed by atoms with Gasteiger partial charge in [-0.15, -0.1) is 10.2 Å². The number of amides is 1.